The van der Waals surface area contributed by atoms with Crippen LogP contribution in [-0.2, 0) is 5.41 Å². The van der Waals surface area contributed by atoms with Crippen molar-refractivity contribution in [3.63, 3.8) is 0 Å². The zero-order valence-electron chi connectivity index (χ0n) is 7.58. The number of aromatic nitrogens is 2. The van der Waals surface area contributed by atoms with Gasteiger partial charge in [-0.1, -0.05) is 0 Å². The van der Waals surface area contributed by atoms with Gasteiger partial charge in [0.25, 0.3) is 0 Å². The molecule has 0 radical (unpaired) electrons. The van der Waals surface area contributed by atoms with Crippen LogP contribution in [0, 0.1) is 0 Å². The Bertz CT molecular complexity index is 318. The van der Waals surface area contributed by atoms with Crippen molar-refractivity contribution in [1.29, 1.82) is 0 Å². The predicted molar refractivity (Wildman–Crippen MR) is 46.9 cm³/mol. The first-order valence-electron chi connectivity index (χ1n) is 4.43. The Balaban J connectivity index is 2.25. The topological polar surface area (TPSA) is 51.8 Å². The predicted octanol–water partition coefficient (Wildman–Crippen LogP) is 1.10. The fourth-order valence-corrected chi connectivity index (χ4v) is 1.91. The summed E-state index contributed by atoms with van der Waals surface area (Å²) in [5.41, 5.74) is 4.80. The second-order valence-corrected chi connectivity index (χ2v) is 3.77. The lowest BCUT2D eigenvalue weighted by Crippen LogP contribution is -2.54. The maximum Gasteiger partial charge on any atom is 0.250 e. The smallest absolute Gasteiger partial charge is 0.250 e. The van der Waals surface area contributed by atoms with Gasteiger partial charge in [-0.15, -0.1) is 0 Å². The standard InChI is InChI=1S/C9H11F2N3/c10-9(11)4-8(5-9,6-12)7-13-2-1-3-14-7/h1-3H,4-6,12H2. The molecule has 14 heavy (non-hydrogen) atoms. The van der Waals surface area contributed by atoms with Crippen molar-refractivity contribution in [3.05, 3.63) is 24.3 Å². The summed E-state index contributed by atoms with van der Waals surface area (Å²) in [6.07, 6.45) is 2.63. The summed E-state index contributed by atoms with van der Waals surface area (Å²) in [4.78, 5) is 7.97. The van der Waals surface area contributed by atoms with Crippen molar-refractivity contribution in [1.82, 2.24) is 9.97 Å². The van der Waals surface area contributed by atoms with Gasteiger partial charge in [0.1, 0.15) is 5.82 Å². The number of rotatable bonds is 2. The zero-order valence-corrected chi connectivity index (χ0v) is 7.58. The van der Waals surface area contributed by atoms with Crippen molar-refractivity contribution >= 4 is 0 Å². The maximum absolute atomic E-state index is 12.8. The summed E-state index contributed by atoms with van der Waals surface area (Å²) in [5, 5.41) is 0. The minimum absolute atomic E-state index is 0.173. The van der Waals surface area contributed by atoms with Crippen LogP contribution in [0.1, 0.15) is 18.7 Å². The molecular formula is C9H11F2N3. The molecule has 1 fully saturated rings. The van der Waals surface area contributed by atoms with E-state index in [1.165, 1.54) is 0 Å². The van der Waals surface area contributed by atoms with Gasteiger partial charge in [0.15, 0.2) is 0 Å². The van der Waals surface area contributed by atoms with E-state index in [0.29, 0.717) is 5.82 Å². The van der Waals surface area contributed by atoms with Gasteiger partial charge in [-0.2, -0.15) is 0 Å². The van der Waals surface area contributed by atoms with E-state index in [1.54, 1.807) is 18.5 Å². The summed E-state index contributed by atoms with van der Waals surface area (Å²) < 4.78 is 25.6. The first-order valence-corrected chi connectivity index (χ1v) is 4.43. The third-order valence-electron chi connectivity index (χ3n) is 2.62. The largest absolute Gasteiger partial charge is 0.329 e. The summed E-state index contributed by atoms with van der Waals surface area (Å²) in [6, 6.07) is 1.66. The number of hydrogen-bond acceptors (Lipinski definition) is 3. The van der Waals surface area contributed by atoms with Gasteiger partial charge < -0.3 is 5.73 Å². The van der Waals surface area contributed by atoms with E-state index in [4.69, 9.17) is 5.73 Å². The molecule has 0 saturated heterocycles. The van der Waals surface area contributed by atoms with E-state index in [1.807, 2.05) is 0 Å². The van der Waals surface area contributed by atoms with E-state index in [-0.39, 0.29) is 19.4 Å². The Kier molecular flexibility index (Phi) is 1.99. The molecule has 0 spiro atoms. The molecule has 2 N–H and O–H groups in total. The monoisotopic (exact) mass is 199 g/mol. The van der Waals surface area contributed by atoms with E-state index in [9.17, 15) is 8.78 Å². The molecule has 2 rings (SSSR count). The molecule has 5 heteroatoms. The molecule has 0 amide bonds. The van der Waals surface area contributed by atoms with E-state index in [2.05, 4.69) is 9.97 Å². The molecule has 1 saturated carbocycles. The molecule has 0 aliphatic heterocycles. The lowest BCUT2D eigenvalue weighted by Gasteiger charge is -2.45. The third kappa shape index (κ3) is 1.37. The highest BCUT2D eigenvalue weighted by Crippen LogP contribution is 2.51. The molecule has 0 bridgehead atoms. The Morgan fingerprint density at radius 3 is 2.29 bits per heavy atom. The number of alkyl halides is 2. The SMILES string of the molecule is NCC1(c2ncccn2)CC(F)(F)C1. The highest BCUT2D eigenvalue weighted by molar-refractivity contribution is 5.18. The quantitative estimate of drug-likeness (QED) is 0.776. The van der Waals surface area contributed by atoms with Crippen LogP contribution in [0.2, 0.25) is 0 Å². The van der Waals surface area contributed by atoms with Gasteiger partial charge in [-0.05, 0) is 6.07 Å². The molecule has 1 aromatic heterocycles. The Labute approximate surface area is 80.4 Å². The highest BCUT2D eigenvalue weighted by Gasteiger charge is 2.58. The van der Waals surface area contributed by atoms with Crippen LogP contribution in [0.4, 0.5) is 8.78 Å². The van der Waals surface area contributed by atoms with Gasteiger partial charge in [-0.3, -0.25) is 0 Å². The molecule has 0 atom stereocenters. The number of nitrogens with zero attached hydrogens (tertiary/aromatic N) is 2. The van der Waals surface area contributed by atoms with Gasteiger partial charge in [0.2, 0.25) is 5.92 Å². The molecule has 0 aromatic carbocycles. The Morgan fingerprint density at radius 2 is 1.86 bits per heavy atom. The molecule has 1 heterocycles. The van der Waals surface area contributed by atoms with E-state index >= 15 is 0 Å². The molecular weight excluding hydrogens is 188 g/mol. The minimum Gasteiger partial charge on any atom is -0.329 e. The highest BCUT2D eigenvalue weighted by atomic mass is 19.3. The average Bonchev–Trinajstić information content (AvgIpc) is 2.15. The minimum atomic E-state index is -2.60. The molecule has 1 aromatic rings. The molecule has 1 aliphatic rings. The average molecular weight is 199 g/mol. The maximum atomic E-state index is 12.8. The number of hydrogen-bond donors (Lipinski definition) is 1. The summed E-state index contributed by atoms with van der Waals surface area (Å²) in [5.74, 6) is -2.16. The van der Waals surface area contributed by atoms with Crippen molar-refractivity contribution in [2.45, 2.75) is 24.2 Å². The van der Waals surface area contributed by atoms with Crippen LogP contribution >= 0.6 is 0 Å². The van der Waals surface area contributed by atoms with Crippen molar-refractivity contribution < 1.29 is 8.78 Å². The van der Waals surface area contributed by atoms with Crippen LogP contribution in [0.15, 0.2) is 18.5 Å². The molecule has 76 valence electrons. The molecule has 3 nitrogen and oxygen atoms in total. The summed E-state index contributed by atoms with van der Waals surface area (Å²) in [6.45, 7) is 0.173. The Morgan fingerprint density at radius 1 is 1.29 bits per heavy atom. The van der Waals surface area contributed by atoms with Gasteiger partial charge >= 0.3 is 0 Å². The van der Waals surface area contributed by atoms with Gasteiger partial charge in [0, 0.05) is 31.8 Å². The Hall–Kier alpha value is -1.10. The van der Waals surface area contributed by atoms with Crippen molar-refractivity contribution in [2.75, 3.05) is 6.54 Å². The van der Waals surface area contributed by atoms with Gasteiger partial charge in [0.05, 0.1) is 5.41 Å². The van der Waals surface area contributed by atoms with E-state index < -0.39 is 11.3 Å². The lowest BCUT2D eigenvalue weighted by atomic mass is 9.65. The second-order valence-electron chi connectivity index (χ2n) is 3.77. The zero-order chi connectivity index (χ0) is 10.2. The van der Waals surface area contributed by atoms with Crippen molar-refractivity contribution in [3.8, 4) is 0 Å². The first-order chi connectivity index (χ1) is 6.58. The normalized spacial score (nSPS) is 22.8. The van der Waals surface area contributed by atoms with Crippen LogP contribution in [0.25, 0.3) is 0 Å². The summed E-state index contributed by atoms with van der Waals surface area (Å²) in [7, 11) is 0. The number of halogens is 2. The van der Waals surface area contributed by atoms with Crippen LogP contribution in [0.3, 0.4) is 0 Å². The fourth-order valence-electron chi connectivity index (χ4n) is 1.91. The number of nitrogens with two attached hydrogens (primary N) is 1. The molecule has 1 aliphatic carbocycles. The summed E-state index contributed by atoms with van der Waals surface area (Å²) >= 11 is 0. The molecule has 0 unspecified atom stereocenters. The first kappa shape index (κ1) is 9.45. The van der Waals surface area contributed by atoms with Crippen LogP contribution in [0.5, 0.6) is 0 Å². The fraction of sp³-hybridized carbons (Fsp3) is 0.556. The van der Waals surface area contributed by atoms with Gasteiger partial charge in [-0.25, -0.2) is 18.7 Å². The van der Waals surface area contributed by atoms with Crippen LogP contribution in [-0.4, -0.2) is 22.4 Å². The second kappa shape index (κ2) is 2.95. The van der Waals surface area contributed by atoms with Crippen molar-refractivity contribution in [2.24, 2.45) is 5.73 Å². The van der Waals surface area contributed by atoms with Crippen LogP contribution < -0.4 is 5.73 Å². The lowest BCUT2D eigenvalue weighted by molar-refractivity contribution is -0.126. The third-order valence-corrected chi connectivity index (χ3v) is 2.62. The van der Waals surface area contributed by atoms with E-state index in [0.717, 1.165) is 0 Å².